The van der Waals surface area contributed by atoms with Gasteiger partial charge in [0, 0.05) is 17.7 Å². The van der Waals surface area contributed by atoms with Gasteiger partial charge in [0.05, 0.1) is 4.92 Å². The molecular weight excluding hydrogens is 284 g/mol. The lowest BCUT2D eigenvalue weighted by Gasteiger charge is -2.23. The van der Waals surface area contributed by atoms with Crippen LogP contribution in [0.4, 0.5) is 11.4 Å². The van der Waals surface area contributed by atoms with Crippen molar-refractivity contribution in [3.8, 4) is 11.5 Å². The Labute approximate surface area is 127 Å². The minimum Gasteiger partial charge on any atom is -0.377 e. The quantitative estimate of drug-likeness (QED) is 0.683. The van der Waals surface area contributed by atoms with Crippen molar-refractivity contribution in [2.45, 2.75) is 45.1 Å². The summed E-state index contributed by atoms with van der Waals surface area (Å²) in [4.78, 5) is 15.1. The van der Waals surface area contributed by atoms with E-state index >= 15 is 0 Å². The molecule has 22 heavy (non-hydrogen) atoms. The second kappa shape index (κ2) is 6.13. The number of nitro benzene ring substituents is 1. The predicted octanol–water partition coefficient (Wildman–Crippen LogP) is 3.70. The number of nitro groups is 1. The minimum absolute atomic E-state index is 0.0407. The first-order chi connectivity index (χ1) is 10.6. The lowest BCUT2D eigenvalue weighted by molar-refractivity contribution is -0.383. The van der Waals surface area contributed by atoms with Gasteiger partial charge in [-0.1, -0.05) is 24.4 Å². The second-order valence-electron chi connectivity index (χ2n) is 5.62. The fourth-order valence-corrected chi connectivity index (χ4v) is 2.82. The lowest BCUT2D eigenvalue weighted by atomic mass is 9.95. The predicted molar refractivity (Wildman–Crippen MR) is 81.6 cm³/mol. The number of hydrogen-bond donors (Lipinski definition) is 1. The molecule has 0 unspecified atom stereocenters. The summed E-state index contributed by atoms with van der Waals surface area (Å²) in [6.07, 6.45) is 5.70. The van der Waals surface area contributed by atoms with Crippen molar-refractivity contribution in [1.82, 2.24) is 10.1 Å². The third kappa shape index (κ3) is 3.08. The van der Waals surface area contributed by atoms with Crippen LogP contribution in [0.15, 0.2) is 22.7 Å². The highest BCUT2D eigenvalue weighted by Gasteiger charge is 2.21. The molecule has 3 rings (SSSR count). The molecule has 0 amide bonds. The molecule has 7 nitrogen and oxygen atoms in total. The van der Waals surface area contributed by atoms with Crippen LogP contribution in [0.5, 0.6) is 0 Å². The highest BCUT2D eigenvalue weighted by atomic mass is 16.6. The average molecular weight is 302 g/mol. The molecule has 116 valence electrons. The highest BCUT2D eigenvalue weighted by Crippen LogP contribution is 2.32. The van der Waals surface area contributed by atoms with Gasteiger partial charge in [-0.05, 0) is 31.9 Å². The number of rotatable bonds is 4. The average Bonchev–Trinajstić information content (AvgIpc) is 2.95. The molecule has 0 atom stereocenters. The van der Waals surface area contributed by atoms with Crippen molar-refractivity contribution >= 4 is 11.4 Å². The van der Waals surface area contributed by atoms with Gasteiger partial charge in [-0.15, -0.1) is 0 Å². The number of aryl methyl sites for hydroxylation is 1. The molecule has 1 fully saturated rings. The summed E-state index contributed by atoms with van der Waals surface area (Å²) in [6, 6.07) is 5.29. The van der Waals surface area contributed by atoms with Gasteiger partial charge in [0.2, 0.25) is 0 Å². The molecule has 1 aromatic heterocycles. The molecule has 1 aliphatic rings. The van der Waals surface area contributed by atoms with Gasteiger partial charge >= 0.3 is 0 Å². The largest absolute Gasteiger partial charge is 0.377 e. The summed E-state index contributed by atoms with van der Waals surface area (Å²) < 4.78 is 5.07. The first kappa shape index (κ1) is 14.5. The van der Waals surface area contributed by atoms with Gasteiger partial charge in [0.15, 0.2) is 5.82 Å². The van der Waals surface area contributed by atoms with E-state index in [1.165, 1.54) is 25.3 Å². The van der Waals surface area contributed by atoms with Crippen molar-refractivity contribution in [3.05, 3.63) is 34.1 Å². The van der Waals surface area contributed by atoms with Gasteiger partial charge < -0.3 is 9.84 Å². The number of hydrogen-bond acceptors (Lipinski definition) is 6. The van der Waals surface area contributed by atoms with E-state index in [-0.39, 0.29) is 10.6 Å². The van der Waals surface area contributed by atoms with E-state index < -0.39 is 0 Å². The molecule has 0 saturated heterocycles. The van der Waals surface area contributed by atoms with E-state index in [2.05, 4.69) is 15.5 Å². The Bertz CT molecular complexity index is 677. The molecule has 2 aromatic rings. The molecule has 7 heteroatoms. The number of nitrogens with zero attached hydrogens (tertiary/aromatic N) is 3. The van der Waals surface area contributed by atoms with Gasteiger partial charge in [0.1, 0.15) is 5.69 Å². The molecule has 1 aromatic carbocycles. The fraction of sp³-hybridized carbons (Fsp3) is 0.467. The van der Waals surface area contributed by atoms with Crippen molar-refractivity contribution in [2.75, 3.05) is 5.32 Å². The van der Waals surface area contributed by atoms with Crippen LogP contribution in [-0.2, 0) is 0 Å². The highest BCUT2D eigenvalue weighted by molar-refractivity contribution is 5.70. The van der Waals surface area contributed by atoms with Crippen LogP contribution in [0.2, 0.25) is 0 Å². The van der Waals surface area contributed by atoms with Gasteiger partial charge in [0.25, 0.3) is 11.6 Å². The Morgan fingerprint density at radius 2 is 2.09 bits per heavy atom. The van der Waals surface area contributed by atoms with Gasteiger partial charge in [-0.3, -0.25) is 10.1 Å². The number of anilines is 1. The molecule has 0 radical (unpaired) electrons. The Kier molecular flexibility index (Phi) is 4.04. The Morgan fingerprint density at radius 1 is 1.32 bits per heavy atom. The first-order valence-corrected chi connectivity index (χ1v) is 7.49. The number of aromatic nitrogens is 2. The maximum atomic E-state index is 11.4. The topological polar surface area (TPSA) is 94.1 Å². The Balaban J connectivity index is 1.88. The van der Waals surface area contributed by atoms with Crippen molar-refractivity contribution in [1.29, 1.82) is 0 Å². The van der Waals surface area contributed by atoms with Crippen LogP contribution in [0.1, 0.15) is 37.9 Å². The van der Waals surface area contributed by atoms with Gasteiger partial charge in [-0.25, -0.2) is 0 Å². The SMILES string of the molecule is Cc1noc(-c2ccc(NC3CCCCC3)c([N+](=O)[O-])c2)n1. The summed E-state index contributed by atoms with van der Waals surface area (Å²) in [5.41, 5.74) is 1.15. The van der Waals surface area contributed by atoms with Crippen LogP contribution in [0, 0.1) is 17.0 Å². The van der Waals surface area contributed by atoms with E-state index in [0.717, 1.165) is 12.8 Å². The molecule has 1 aliphatic carbocycles. The summed E-state index contributed by atoms with van der Waals surface area (Å²) in [7, 11) is 0. The lowest BCUT2D eigenvalue weighted by Crippen LogP contribution is -2.22. The first-order valence-electron chi connectivity index (χ1n) is 7.49. The molecule has 1 heterocycles. The van der Waals surface area contributed by atoms with E-state index in [0.29, 0.717) is 29.0 Å². The minimum atomic E-state index is -0.377. The zero-order valence-corrected chi connectivity index (χ0v) is 12.4. The molecule has 0 aliphatic heterocycles. The monoisotopic (exact) mass is 302 g/mol. The molecule has 1 saturated carbocycles. The summed E-state index contributed by atoms with van der Waals surface area (Å²) >= 11 is 0. The zero-order chi connectivity index (χ0) is 15.5. The fourth-order valence-electron chi connectivity index (χ4n) is 2.82. The van der Waals surface area contributed by atoms with E-state index in [1.54, 1.807) is 19.1 Å². The van der Waals surface area contributed by atoms with Crippen molar-refractivity contribution in [2.24, 2.45) is 0 Å². The third-order valence-electron chi connectivity index (χ3n) is 3.93. The summed E-state index contributed by atoms with van der Waals surface area (Å²) in [6.45, 7) is 1.71. The number of nitrogens with one attached hydrogen (secondary N) is 1. The van der Waals surface area contributed by atoms with Crippen LogP contribution in [0.25, 0.3) is 11.5 Å². The molecule has 0 bridgehead atoms. The second-order valence-corrected chi connectivity index (χ2v) is 5.62. The van der Waals surface area contributed by atoms with Crippen LogP contribution >= 0.6 is 0 Å². The van der Waals surface area contributed by atoms with E-state index in [1.807, 2.05) is 0 Å². The van der Waals surface area contributed by atoms with Crippen LogP contribution in [-0.4, -0.2) is 21.1 Å². The van der Waals surface area contributed by atoms with E-state index in [9.17, 15) is 10.1 Å². The normalized spacial score (nSPS) is 15.7. The maximum absolute atomic E-state index is 11.4. The zero-order valence-electron chi connectivity index (χ0n) is 12.4. The van der Waals surface area contributed by atoms with E-state index in [4.69, 9.17) is 4.52 Å². The maximum Gasteiger partial charge on any atom is 0.293 e. The molecule has 1 N–H and O–H groups in total. The van der Waals surface area contributed by atoms with Crippen molar-refractivity contribution < 1.29 is 9.45 Å². The Hall–Kier alpha value is -2.44. The Morgan fingerprint density at radius 3 is 2.73 bits per heavy atom. The van der Waals surface area contributed by atoms with Gasteiger partial charge in [-0.2, -0.15) is 4.98 Å². The summed E-state index contributed by atoms with van der Waals surface area (Å²) in [5.74, 6) is 0.798. The molecular formula is C15H18N4O3. The van der Waals surface area contributed by atoms with Crippen LogP contribution in [0.3, 0.4) is 0 Å². The molecule has 0 spiro atoms. The number of benzene rings is 1. The summed E-state index contributed by atoms with van der Waals surface area (Å²) in [5, 5.41) is 18.4. The van der Waals surface area contributed by atoms with Crippen LogP contribution < -0.4 is 5.32 Å². The third-order valence-corrected chi connectivity index (χ3v) is 3.93. The standard InChI is InChI=1S/C15H18N4O3/c1-10-16-15(22-18-10)11-7-8-13(14(9-11)19(20)21)17-12-5-3-2-4-6-12/h7-9,12,17H,2-6H2,1H3. The smallest absolute Gasteiger partial charge is 0.293 e. The van der Waals surface area contributed by atoms with Crippen molar-refractivity contribution in [3.63, 3.8) is 0 Å².